The molecule has 100 valence electrons. The first-order valence-electron chi connectivity index (χ1n) is 5.93. The van der Waals surface area contributed by atoms with E-state index in [2.05, 4.69) is 36.2 Å². The second-order valence-electron chi connectivity index (χ2n) is 4.10. The van der Waals surface area contributed by atoms with Crippen molar-refractivity contribution in [2.45, 2.75) is 0 Å². The van der Waals surface area contributed by atoms with Gasteiger partial charge in [0.05, 0.1) is 12.5 Å². The Morgan fingerprint density at radius 3 is 2.65 bits per heavy atom. The van der Waals surface area contributed by atoms with E-state index in [0.717, 1.165) is 21.3 Å². The number of fused-ring (bicyclic) bond motifs is 1. The van der Waals surface area contributed by atoms with Gasteiger partial charge in [-0.2, -0.15) is 0 Å². The maximum Gasteiger partial charge on any atom is 0.164 e. The number of benzene rings is 1. The molecule has 2 aromatic heterocycles. The van der Waals surface area contributed by atoms with Gasteiger partial charge in [-0.3, -0.25) is 0 Å². The minimum Gasteiger partial charge on any atom is -0.497 e. The summed E-state index contributed by atoms with van der Waals surface area (Å²) < 4.78 is 6.02. The molecule has 20 heavy (non-hydrogen) atoms. The second kappa shape index (κ2) is 5.42. The fraction of sp³-hybridized carbons (Fsp3) is 0.0714. The first-order chi connectivity index (χ1) is 9.76. The molecular formula is C14H11BrN4O. The van der Waals surface area contributed by atoms with Crippen LogP contribution in [-0.2, 0) is 0 Å². The molecule has 2 heterocycles. The molecule has 0 fully saturated rings. The number of pyridine rings is 1. The molecule has 0 aliphatic carbocycles. The van der Waals surface area contributed by atoms with Crippen LogP contribution in [0.15, 0.2) is 47.3 Å². The summed E-state index contributed by atoms with van der Waals surface area (Å²) in [5.41, 5.74) is 1.57. The van der Waals surface area contributed by atoms with Crippen molar-refractivity contribution < 1.29 is 4.74 Å². The highest BCUT2D eigenvalue weighted by atomic mass is 79.9. The third kappa shape index (κ3) is 2.55. The maximum atomic E-state index is 5.14. The highest BCUT2D eigenvalue weighted by Gasteiger charge is 2.06. The van der Waals surface area contributed by atoms with Crippen LogP contribution in [0.2, 0.25) is 0 Å². The van der Waals surface area contributed by atoms with E-state index in [0.29, 0.717) is 11.5 Å². The van der Waals surface area contributed by atoms with Crippen molar-refractivity contribution in [1.29, 1.82) is 0 Å². The number of hydrogen-bond donors (Lipinski definition) is 1. The van der Waals surface area contributed by atoms with E-state index >= 15 is 0 Å². The Morgan fingerprint density at radius 1 is 1.10 bits per heavy atom. The van der Waals surface area contributed by atoms with E-state index in [1.54, 1.807) is 13.3 Å². The number of nitrogens with one attached hydrogen (secondary N) is 1. The van der Waals surface area contributed by atoms with Crippen LogP contribution in [0.1, 0.15) is 0 Å². The zero-order chi connectivity index (χ0) is 13.9. The fourth-order valence-corrected chi connectivity index (χ4v) is 2.16. The first kappa shape index (κ1) is 12.8. The average molecular weight is 331 g/mol. The molecule has 0 radical (unpaired) electrons. The Labute approximate surface area is 124 Å². The van der Waals surface area contributed by atoms with Gasteiger partial charge in [0.15, 0.2) is 5.65 Å². The normalized spacial score (nSPS) is 10.5. The largest absolute Gasteiger partial charge is 0.497 e. The van der Waals surface area contributed by atoms with Crippen LogP contribution < -0.4 is 10.1 Å². The van der Waals surface area contributed by atoms with E-state index in [9.17, 15) is 0 Å². The van der Waals surface area contributed by atoms with Crippen molar-refractivity contribution >= 4 is 38.5 Å². The summed E-state index contributed by atoms with van der Waals surface area (Å²) in [7, 11) is 1.64. The standard InChI is InChI=1S/C14H11BrN4O/c1-20-11-4-2-10(3-5-11)19-14-12-6-9(15)7-16-13(12)17-8-18-14/h2-8H,1H3,(H,16,17,18,19). The minimum absolute atomic E-state index is 0.652. The third-order valence-corrected chi connectivity index (χ3v) is 3.24. The Balaban J connectivity index is 1.99. The molecule has 0 spiro atoms. The summed E-state index contributed by atoms with van der Waals surface area (Å²) >= 11 is 3.41. The summed E-state index contributed by atoms with van der Waals surface area (Å²) in [4.78, 5) is 12.7. The van der Waals surface area contributed by atoms with Gasteiger partial charge in [0.2, 0.25) is 0 Å². The Bertz CT molecular complexity index is 746. The van der Waals surface area contributed by atoms with Gasteiger partial charge in [0.1, 0.15) is 17.9 Å². The van der Waals surface area contributed by atoms with Crippen LogP contribution in [0.25, 0.3) is 11.0 Å². The van der Waals surface area contributed by atoms with Crippen molar-refractivity contribution in [1.82, 2.24) is 15.0 Å². The predicted molar refractivity (Wildman–Crippen MR) is 81.3 cm³/mol. The number of aromatic nitrogens is 3. The van der Waals surface area contributed by atoms with Crippen LogP contribution in [0.3, 0.4) is 0 Å². The van der Waals surface area contributed by atoms with Crippen molar-refractivity contribution in [3.8, 4) is 5.75 Å². The highest BCUT2D eigenvalue weighted by molar-refractivity contribution is 9.10. The van der Waals surface area contributed by atoms with Gasteiger partial charge in [0.25, 0.3) is 0 Å². The Kier molecular flexibility index (Phi) is 3.47. The van der Waals surface area contributed by atoms with E-state index in [1.807, 2.05) is 30.3 Å². The highest BCUT2D eigenvalue weighted by Crippen LogP contribution is 2.25. The number of rotatable bonds is 3. The molecule has 6 heteroatoms. The molecule has 0 saturated carbocycles. The summed E-state index contributed by atoms with van der Waals surface area (Å²) in [6.07, 6.45) is 3.21. The molecule has 0 atom stereocenters. The summed E-state index contributed by atoms with van der Waals surface area (Å²) in [5, 5.41) is 4.12. The summed E-state index contributed by atoms with van der Waals surface area (Å²) in [6, 6.07) is 9.57. The first-order valence-corrected chi connectivity index (χ1v) is 6.73. The maximum absolute atomic E-state index is 5.14. The molecule has 3 aromatic rings. The van der Waals surface area contributed by atoms with Crippen LogP contribution in [0.5, 0.6) is 5.75 Å². The van der Waals surface area contributed by atoms with E-state index < -0.39 is 0 Å². The second-order valence-corrected chi connectivity index (χ2v) is 5.02. The number of methoxy groups -OCH3 is 1. The molecule has 0 unspecified atom stereocenters. The quantitative estimate of drug-likeness (QED) is 0.795. The van der Waals surface area contributed by atoms with E-state index in [1.165, 1.54) is 6.33 Å². The van der Waals surface area contributed by atoms with Crippen molar-refractivity contribution in [3.63, 3.8) is 0 Å². The van der Waals surface area contributed by atoms with Crippen molar-refractivity contribution in [2.24, 2.45) is 0 Å². The number of ether oxygens (including phenoxy) is 1. The van der Waals surface area contributed by atoms with Crippen molar-refractivity contribution in [2.75, 3.05) is 12.4 Å². The Hall–Kier alpha value is -2.21. The molecule has 0 amide bonds. The lowest BCUT2D eigenvalue weighted by Crippen LogP contribution is -1.97. The van der Waals surface area contributed by atoms with Gasteiger partial charge >= 0.3 is 0 Å². The van der Waals surface area contributed by atoms with Crippen LogP contribution in [-0.4, -0.2) is 22.1 Å². The molecular weight excluding hydrogens is 320 g/mol. The molecule has 5 nitrogen and oxygen atoms in total. The molecule has 1 aromatic carbocycles. The summed E-state index contributed by atoms with van der Waals surface area (Å²) in [6.45, 7) is 0. The zero-order valence-corrected chi connectivity index (χ0v) is 12.3. The van der Waals surface area contributed by atoms with Crippen molar-refractivity contribution in [3.05, 3.63) is 47.3 Å². The van der Waals surface area contributed by atoms with Gasteiger partial charge in [-0.05, 0) is 46.3 Å². The van der Waals surface area contributed by atoms with Gasteiger partial charge in [-0.25, -0.2) is 15.0 Å². The molecule has 3 rings (SSSR count). The van der Waals surface area contributed by atoms with Crippen LogP contribution in [0, 0.1) is 0 Å². The lowest BCUT2D eigenvalue weighted by atomic mass is 10.2. The molecule has 0 aliphatic rings. The third-order valence-electron chi connectivity index (χ3n) is 2.81. The van der Waals surface area contributed by atoms with E-state index in [-0.39, 0.29) is 0 Å². The number of anilines is 2. The monoisotopic (exact) mass is 330 g/mol. The molecule has 0 bridgehead atoms. The molecule has 1 N–H and O–H groups in total. The topological polar surface area (TPSA) is 59.9 Å². The van der Waals surface area contributed by atoms with E-state index in [4.69, 9.17) is 4.74 Å². The Morgan fingerprint density at radius 2 is 1.90 bits per heavy atom. The number of hydrogen-bond acceptors (Lipinski definition) is 5. The fourth-order valence-electron chi connectivity index (χ4n) is 1.83. The van der Waals surface area contributed by atoms with Crippen LogP contribution in [0.4, 0.5) is 11.5 Å². The van der Waals surface area contributed by atoms with Crippen LogP contribution >= 0.6 is 15.9 Å². The summed E-state index contributed by atoms with van der Waals surface area (Å²) in [5.74, 6) is 1.53. The number of nitrogens with zero attached hydrogens (tertiary/aromatic N) is 3. The zero-order valence-electron chi connectivity index (χ0n) is 10.7. The molecule has 0 aliphatic heterocycles. The smallest absolute Gasteiger partial charge is 0.164 e. The van der Waals surface area contributed by atoms with Gasteiger partial charge in [-0.1, -0.05) is 0 Å². The lowest BCUT2D eigenvalue weighted by Gasteiger charge is -2.08. The lowest BCUT2D eigenvalue weighted by molar-refractivity contribution is 0.415. The van der Waals surface area contributed by atoms with Gasteiger partial charge in [0, 0.05) is 16.4 Å². The number of halogens is 1. The van der Waals surface area contributed by atoms with Gasteiger partial charge in [-0.15, -0.1) is 0 Å². The minimum atomic E-state index is 0.652. The van der Waals surface area contributed by atoms with Gasteiger partial charge < -0.3 is 10.1 Å². The SMILES string of the molecule is COc1ccc(Nc2ncnc3ncc(Br)cc23)cc1. The average Bonchev–Trinajstić information content (AvgIpc) is 2.49. The predicted octanol–water partition coefficient (Wildman–Crippen LogP) is 3.54. The molecule has 0 saturated heterocycles.